The Labute approximate surface area is 136 Å². The van der Waals surface area contributed by atoms with Gasteiger partial charge >= 0.3 is 5.91 Å². The van der Waals surface area contributed by atoms with Crippen LogP contribution in [0.1, 0.15) is 16.1 Å². The van der Waals surface area contributed by atoms with E-state index in [4.69, 9.17) is 4.42 Å². The predicted octanol–water partition coefficient (Wildman–Crippen LogP) is 3.64. The number of anilines is 1. The molecule has 114 valence electrons. The molecule has 0 saturated heterocycles. The molecule has 0 aliphatic carbocycles. The van der Waals surface area contributed by atoms with Crippen molar-refractivity contribution in [3.8, 4) is 10.6 Å². The molecule has 0 unspecified atom stereocenters. The number of nitrogens with zero attached hydrogens (tertiary/aromatic N) is 1. The largest absolute Gasteiger partial charge is 0.458 e. The summed E-state index contributed by atoms with van der Waals surface area (Å²) in [5.74, 6) is 0.708. The van der Waals surface area contributed by atoms with Crippen molar-refractivity contribution in [3.63, 3.8) is 0 Å². The van der Waals surface area contributed by atoms with Crippen LogP contribution in [0.3, 0.4) is 0 Å². The molecule has 4 aromatic heterocycles. The Morgan fingerprint density at radius 3 is 2.91 bits per heavy atom. The number of hydrogen-bond acceptors (Lipinski definition) is 3. The summed E-state index contributed by atoms with van der Waals surface area (Å²) in [5, 5.41) is 4.97. The Balaban J connectivity index is 1.88. The highest BCUT2D eigenvalue weighted by Gasteiger charge is 2.25. The number of aryl methyl sites for hydroxylation is 1. The van der Waals surface area contributed by atoms with E-state index in [0.29, 0.717) is 5.82 Å². The molecule has 5 nitrogen and oxygen atoms in total. The van der Waals surface area contributed by atoms with Crippen molar-refractivity contribution < 1.29 is 13.6 Å². The van der Waals surface area contributed by atoms with Gasteiger partial charge in [0.1, 0.15) is 0 Å². The van der Waals surface area contributed by atoms with Gasteiger partial charge in [-0.25, -0.2) is 14.5 Å². The summed E-state index contributed by atoms with van der Waals surface area (Å²) in [6.07, 6.45) is 3.41. The molecule has 0 aliphatic heterocycles. The normalized spacial score (nSPS) is 11.0. The molecule has 0 saturated carbocycles. The molecule has 6 heteroatoms. The van der Waals surface area contributed by atoms with Crippen LogP contribution in [0, 0.1) is 6.92 Å². The lowest BCUT2D eigenvalue weighted by atomic mass is 10.3. The third-order valence-corrected chi connectivity index (χ3v) is 4.55. The molecule has 2 N–H and O–H groups in total. The number of H-pyrrole nitrogens is 1. The van der Waals surface area contributed by atoms with Crippen LogP contribution in [0.15, 0.2) is 58.7 Å². The van der Waals surface area contributed by atoms with Crippen LogP contribution in [-0.2, 0) is 0 Å². The maximum absolute atomic E-state index is 12.4. The number of fused-ring (bicyclic) bond motifs is 1. The molecular weight excluding hydrogens is 310 g/mol. The number of carbonyl (C=O) groups excluding carboxylic acids is 1. The first-order chi connectivity index (χ1) is 11.2. The van der Waals surface area contributed by atoms with E-state index in [9.17, 15) is 4.79 Å². The van der Waals surface area contributed by atoms with Crippen molar-refractivity contribution in [1.29, 1.82) is 0 Å². The summed E-state index contributed by atoms with van der Waals surface area (Å²) in [6.45, 7) is 2.03. The third-order valence-electron chi connectivity index (χ3n) is 3.66. The lowest BCUT2D eigenvalue weighted by Gasteiger charge is -1.99. The van der Waals surface area contributed by atoms with Crippen LogP contribution in [-0.4, -0.2) is 10.9 Å². The molecule has 4 rings (SSSR count). The number of pyridine rings is 1. The molecule has 0 aromatic carbocycles. The van der Waals surface area contributed by atoms with Gasteiger partial charge in [0.2, 0.25) is 11.4 Å². The Morgan fingerprint density at radius 1 is 1.26 bits per heavy atom. The van der Waals surface area contributed by atoms with Gasteiger partial charge in [-0.15, -0.1) is 11.3 Å². The lowest BCUT2D eigenvalue weighted by Crippen LogP contribution is -2.27. The summed E-state index contributed by atoms with van der Waals surface area (Å²) in [5.41, 5.74) is 2.93. The molecule has 0 aliphatic rings. The maximum Gasteiger partial charge on any atom is 0.347 e. The Hall–Kier alpha value is -2.86. The molecule has 4 heterocycles. The monoisotopic (exact) mass is 324 g/mol. The number of carbonyl (C=O) groups is 1. The number of nitrogens with one attached hydrogen (secondary N) is 2. The van der Waals surface area contributed by atoms with Crippen molar-refractivity contribution in [2.45, 2.75) is 6.92 Å². The van der Waals surface area contributed by atoms with E-state index in [0.717, 1.165) is 21.8 Å². The van der Waals surface area contributed by atoms with E-state index in [1.165, 1.54) is 6.26 Å². The Kier molecular flexibility index (Phi) is 3.24. The third kappa shape index (κ3) is 2.33. The lowest BCUT2D eigenvalue weighted by molar-refractivity contribution is -0.494. The van der Waals surface area contributed by atoms with Gasteiger partial charge in [0.25, 0.3) is 5.82 Å². The minimum absolute atomic E-state index is 0.275. The highest BCUT2D eigenvalue weighted by Crippen LogP contribution is 2.29. The molecule has 0 atom stereocenters. The standard InChI is InChI=1S/C17H13N3O2S/c1-11-5-2-8-20-15(11)18-14(13-7-4-10-23-13)16(20)19-17(21)12-6-3-9-22-12/h2-10H,1H3,(H,19,21)/p+1. The minimum atomic E-state index is -0.275. The van der Waals surface area contributed by atoms with Crippen molar-refractivity contribution in [1.82, 2.24) is 4.98 Å². The second kappa shape index (κ2) is 5.40. The number of aromatic amines is 1. The molecule has 1 amide bonds. The number of imidazole rings is 1. The van der Waals surface area contributed by atoms with Crippen molar-refractivity contribution >= 4 is 28.7 Å². The first-order valence-electron chi connectivity index (χ1n) is 7.16. The smallest absolute Gasteiger partial charge is 0.347 e. The average Bonchev–Trinajstić information content (AvgIpc) is 3.29. The Morgan fingerprint density at radius 2 is 2.17 bits per heavy atom. The maximum atomic E-state index is 12.4. The fourth-order valence-corrected chi connectivity index (χ4v) is 3.29. The van der Waals surface area contributed by atoms with Crippen LogP contribution in [0.5, 0.6) is 0 Å². The molecule has 4 aromatic rings. The summed E-state index contributed by atoms with van der Waals surface area (Å²) in [4.78, 5) is 16.9. The SMILES string of the molecule is Cc1ccc[n+]2c(NC(=O)c3ccco3)c(-c3cccs3)[nH]c12. The van der Waals surface area contributed by atoms with Crippen LogP contribution in [0.4, 0.5) is 5.82 Å². The van der Waals surface area contributed by atoms with Crippen LogP contribution in [0.25, 0.3) is 16.2 Å². The van der Waals surface area contributed by atoms with E-state index in [2.05, 4.69) is 10.3 Å². The van der Waals surface area contributed by atoms with Crippen molar-refractivity contribution in [2.75, 3.05) is 5.32 Å². The molecule has 0 spiro atoms. The average molecular weight is 324 g/mol. The number of hydrogen-bond donors (Lipinski definition) is 2. The fourth-order valence-electron chi connectivity index (χ4n) is 2.56. The number of amides is 1. The van der Waals surface area contributed by atoms with E-state index < -0.39 is 0 Å². The summed E-state index contributed by atoms with van der Waals surface area (Å²) in [6, 6.07) is 11.3. The van der Waals surface area contributed by atoms with Gasteiger partial charge in [0.15, 0.2) is 5.69 Å². The minimum Gasteiger partial charge on any atom is -0.458 e. The van der Waals surface area contributed by atoms with E-state index >= 15 is 0 Å². The van der Waals surface area contributed by atoms with E-state index in [-0.39, 0.29) is 11.7 Å². The van der Waals surface area contributed by atoms with Crippen molar-refractivity contribution in [3.05, 3.63) is 65.6 Å². The fraction of sp³-hybridized carbons (Fsp3) is 0.0588. The van der Waals surface area contributed by atoms with Crippen LogP contribution < -0.4 is 9.72 Å². The van der Waals surface area contributed by atoms with Crippen molar-refractivity contribution in [2.24, 2.45) is 0 Å². The van der Waals surface area contributed by atoms with Gasteiger partial charge < -0.3 is 4.42 Å². The molecule has 0 radical (unpaired) electrons. The van der Waals surface area contributed by atoms with Gasteiger partial charge in [-0.2, -0.15) is 0 Å². The predicted molar refractivity (Wildman–Crippen MR) is 88.7 cm³/mol. The Bertz CT molecular complexity index is 969. The second-order valence-corrected chi connectivity index (χ2v) is 6.11. The van der Waals surface area contributed by atoms with Gasteiger partial charge in [0, 0.05) is 5.56 Å². The van der Waals surface area contributed by atoms with Gasteiger partial charge in [-0.1, -0.05) is 6.07 Å². The second-order valence-electron chi connectivity index (χ2n) is 5.17. The molecule has 0 bridgehead atoms. The van der Waals surface area contributed by atoms with Crippen LogP contribution in [0.2, 0.25) is 0 Å². The zero-order valence-electron chi connectivity index (χ0n) is 12.4. The quantitative estimate of drug-likeness (QED) is 0.565. The van der Waals surface area contributed by atoms with Gasteiger partial charge in [-0.3, -0.25) is 4.98 Å². The number of rotatable bonds is 3. The summed E-state index contributed by atoms with van der Waals surface area (Å²) >= 11 is 1.62. The molecular formula is C17H14N3O2S+. The van der Waals surface area contributed by atoms with Gasteiger partial charge in [0.05, 0.1) is 17.3 Å². The number of thiophene rings is 1. The topological polar surface area (TPSA) is 62.1 Å². The summed E-state index contributed by atoms with van der Waals surface area (Å²) in [7, 11) is 0. The van der Waals surface area contributed by atoms with Crippen LogP contribution >= 0.6 is 11.3 Å². The zero-order valence-corrected chi connectivity index (χ0v) is 13.2. The highest BCUT2D eigenvalue weighted by molar-refractivity contribution is 7.13. The zero-order chi connectivity index (χ0) is 15.8. The number of aromatic nitrogens is 2. The van der Waals surface area contributed by atoms with Gasteiger partial charge in [-0.05, 0) is 42.6 Å². The first kappa shape index (κ1) is 13.8. The summed E-state index contributed by atoms with van der Waals surface area (Å²) < 4.78 is 7.13. The van der Waals surface area contributed by atoms with E-state index in [1.807, 2.05) is 47.2 Å². The highest BCUT2D eigenvalue weighted by atomic mass is 32.1. The molecule has 23 heavy (non-hydrogen) atoms. The molecule has 0 fully saturated rings. The number of furan rings is 1. The first-order valence-corrected chi connectivity index (χ1v) is 8.03. The van der Waals surface area contributed by atoms with E-state index in [1.54, 1.807) is 23.5 Å².